The fraction of sp³-hybridized carbons (Fsp3) is 0.133. The Bertz CT molecular complexity index is 655. The van der Waals surface area contributed by atoms with Crippen LogP contribution in [0.2, 0.25) is 0 Å². The van der Waals surface area contributed by atoms with Gasteiger partial charge in [0.1, 0.15) is 5.41 Å². The maximum atomic E-state index is 11.7. The fourth-order valence-corrected chi connectivity index (χ4v) is 2.41. The lowest BCUT2D eigenvalue weighted by atomic mass is 9.68. The van der Waals surface area contributed by atoms with Crippen molar-refractivity contribution in [2.45, 2.75) is 5.41 Å². The Hall–Kier alpha value is -2.89. The predicted octanol–water partition coefficient (Wildman–Crippen LogP) is 1.53. The topological polar surface area (TPSA) is 112 Å². The maximum absolute atomic E-state index is 11.7. The van der Waals surface area contributed by atoms with Gasteiger partial charge in [-0.25, -0.2) is 4.79 Å². The standard InChI is InChI=1S/C15H12O6/c16-12(17)9-4-6-10(7-5-9)15(14(20)21)8-2-1-3-11(15)13(18)19/h1-8,11H,(H,16,17)(H,18,19)(H,20,21). The lowest BCUT2D eigenvalue weighted by Crippen LogP contribution is -2.45. The minimum Gasteiger partial charge on any atom is -0.481 e. The largest absolute Gasteiger partial charge is 0.481 e. The number of hydrogen-bond acceptors (Lipinski definition) is 3. The quantitative estimate of drug-likeness (QED) is 0.774. The van der Waals surface area contributed by atoms with Crippen LogP contribution in [0.1, 0.15) is 15.9 Å². The SMILES string of the molecule is O=C(O)c1ccc(C2(C(=O)O)C=CC=CC2C(=O)O)cc1. The molecule has 0 spiro atoms. The third kappa shape index (κ3) is 2.31. The zero-order chi connectivity index (χ0) is 15.6. The summed E-state index contributed by atoms with van der Waals surface area (Å²) in [5.41, 5.74) is -1.54. The van der Waals surface area contributed by atoms with Gasteiger partial charge in [-0.15, -0.1) is 0 Å². The fourth-order valence-electron chi connectivity index (χ4n) is 2.41. The number of hydrogen-bond donors (Lipinski definition) is 3. The van der Waals surface area contributed by atoms with Crippen molar-refractivity contribution in [1.29, 1.82) is 0 Å². The molecule has 2 unspecified atom stereocenters. The molecule has 108 valence electrons. The van der Waals surface area contributed by atoms with Crippen molar-refractivity contribution in [3.63, 3.8) is 0 Å². The molecule has 2 atom stereocenters. The van der Waals surface area contributed by atoms with Gasteiger partial charge in [0.2, 0.25) is 0 Å². The Morgan fingerprint density at radius 1 is 0.952 bits per heavy atom. The molecule has 1 aromatic rings. The highest BCUT2D eigenvalue weighted by Crippen LogP contribution is 2.38. The molecule has 0 aromatic heterocycles. The Balaban J connectivity index is 2.59. The van der Waals surface area contributed by atoms with Gasteiger partial charge >= 0.3 is 17.9 Å². The van der Waals surface area contributed by atoms with E-state index in [9.17, 15) is 24.6 Å². The number of carboxylic acid groups (broad SMARTS) is 3. The predicted molar refractivity (Wildman–Crippen MR) is 72.1 cm³/mol. The Morgan fingerprint density at radius 2 is 1.57 bits per heavy atom. The van der Waals surface area contributed by atoms with Crippen LogP contribution in [-0.2, 0) is 15.0 Å². The van der Waals surface area contributed by atoms with Gasteiger partial charge in [-0.05, 0) is 17.7 Å². The van der Waals surface area contributed by atoms with Crippen LogP contribution in [0, 0.1) is 5.92 Å². The van der Waals surface area contributed by atoms with Gasteiger partial charge in [-0.3, -0.25) is 9.59 Å². The lowest BCUT2D eigenvalue weighted by Gasteiger charge is -2.32. The second-order valence-electron chi connectivity index (χ2n) is 4.62. The number of carbonyl (C=O) groups is 3. The van der Waals surface area contributed by atoms with Crippen molar-refractivity contribution in [3.05, 3.63) is 59.7 Å². The summed E-state index contributed by atoms with van der Waals surface area (Å²) in [5, 5.41) is 27.7. The van der Waals surface area contributed by atoms with E-state index in [4.69, 9.17) is 5.11 Å². The van der Waals surface area contributed by atoms with E-state index in [0.29, 0.717) is 0 Å². The number of benzene rings is 1. The summed E-state index contributed by atoms with van der Waals surface area (Å²) in [6.07, 6.45) is 5.57. The molecule has 0 fully saturated rings. The van der Waals surface area contributed by atoms with Gasteiger partial charge in [0, 0.05) is 0 Å². The molecular formula is C15H12O6. The number of allylic oxidation sites excluding steroid dienone is 2. The van der Waals surface area contributed by atoms with Crippen LogP contribution in [-0.4, -0.2) is 33.2 Å². The van der Waals surface area contributed by atoms with E-state index in [1.54, 1.807) is 0 Å². The van der Waals surface area contributed by atoms with Crippen LogP contribution in [0.4, 0.5) is 0 Å². The van der Waals surface area contributed by atoms with Crippen molar-refractivity contribution < 1.29 is 29.7 Å². The van der Waals surface area contributed by atoms with E-state index in [1.807, 2.05) is 0 Å². The zero-order valence-electron chi connectivity index (χ0n) is 10.8. The molecule has 0 heterocycles. The van der Waals surface area contributed by atoms with Crippen LogP contribution in [0.3, 0.4) is 0 Å². The average Bonchev–Trinajstić information content (AvgIpc) is 2.46. The Labute approximate surface area is 119 Å². The van der Waals surface area contributed by atoms with E-state index in [0.717, 1.165) is 0 Å². The summed E-state index contributed by atoms with van der Waals surface area (Å²) in [6.45, 7) is 0. The first-order valence-corrected chi connectivity index (χ1v) is 6.05. The van der Waals surface area contributed by atoms with Crippen LogP contribution < -0.4 is 0 Å². The van der Waals surface area contributed by atoms with E-state index >= 15 is 0 Å². The minimum absolute atomic E-state index is 0.00138. The maximum Gasteiger partial charge on any atom is 0.335 e. The highest BCUT2D eigenvalue weighted by atomic mass is 16.4. The first kappa shape index (κ1) is 14.5. The van der Waals surface area contributed by atoms with Crippen LogP contribution in [0.25, 0.3) is 0 Å². The van der Waals surface area contributed by atoms with Gasteiger partial charge in [-0.2, -0.15) is 0 Å². The molecule has 1 aliphatic carbocycles. The van der Waals surface area contributed by atoms with E-state index in [-0.39, 0.29) is 11.1 Å². The first-order valence-electron chi connectivity index (χ1n) is 6.05. The number of aromatic carboxylic acids is 1. The Morgan fingerprint density at radius 3 is 2.05 bits per heavy atom. The van der Waals surface area contributed by atoms with E-state index in [2.05, 4.69) is 0 Å². The molecule has 6 nitrogen and oxygen atoms in total. The zero-order valence-corrected chi connectivity index (χ0v) is 10.8. The third-order valence-electron chi connectivity index (χ3n) is 3.49. The molecular weight excluding hydrogens is 276 g/mol. The molecule has 0 amide bonds. The van der Waals surface area contributed by atoms with E-state index < -0.39 is 29.2 Å². The first-order chi connectivity index (χ1) is 9.89. The summed E-state index contributed by atoms with van der Waals surface area (Å²) >= 11 is 0. The van der Waals surface area contributed by atoms with E-state index in [1.165, 1.54) is 48.6 Å². The molecule has 21 heavy (non-hydrogen) atoms. The molecule has 1 aromatic carbocycles. The van der Waals surface area contributed by atoms with Crippen LogP contribution >= 0.6 is 0 Å². The van der Waals surface area contributed by atoms with Crippen molar-refractivity contribution in [3.8, 4) is 0 Å². The molecule has 0 saturated carbocycles. The molecule has 0 saturated heterocycles. The summed E-state index contributed by atoms with van der Waals surface area (Å²) in [7, 11) is 0. The number of rotatable bonds is 4. The monoisotopic (exact) mass is 288 g/mol. The molecule has 1 aliphatic rings. The molecule has 2 rings (SSSR count). The van der Waals surface area contributed by atoms with Crippen molar-refractivity contribution in [1.82, 2.24) is 0 Å². The summed E-state index contributed by atoms with van der Waals surface area (Å²) in [4.78, 5) is 34.0. The number of carboxylic acids is 3. The van der Waals surface area contributed by atoms with Crippen molar-refractivity contribution in [2.24, 2.45) is 5.92 Å². The Kier molecular flexibility index (Phi) is 3.62. The van der Waals surface area contributed by atoms with Gasteiger partial charge in [-0.1, -0.05) is 36.4 Å². The lowest BCUT2D eigenvalue weighted by molar-refractivity contribution is -0.152. The number of aliphatic carboxylic acids is 2. The van der Waals surface area contributed by atoms with Crippen LogP contribution in [0.15, 0.2) is 48.6 Å². The van der Waals surface area contributed by atoms with Crippen molar-refractivity contribution >= 4 is 17.9 Å². The van der Waals surface area contributed by atoms with Crippen molar-refractivity contribution in [2.75, 3.05) is 0 Å². The summed E-state index contributed by atoms with van der Waals surface area (Å²) < 4.78 is 0. The highest BCUT2D eigenvalue weighted by Gasteiger charge is 2.49. The van der Waals surface area contributed by atoms with Gasteiger partial charge in [0.05, 0.1) is 11.5 Å². The molecule has 6 heteroatoms. The van der Waals surface area contributed by atoms with Gasteiger partial charge in [0.15, 0.2) is 0 Å². The second-order valence-corrected chi connectivity index (χ2v) is 4.62. The summed E-state index contributed by atoms with van der Waals surface area (Å²) in [5.74, 6) is -4.98. The minimum atomic E-state index is -1.75. The molecule has 3 N–H and O–H groups in total. The summed E-state index contributed by atoms with van der Waals surface area (Å²) in [6, 6.07) is 5.18. The van der Waals surface area contributed by atoms with Gasteiger partial charge < -0.3 is 15.3 Å². The molecule has 0 bridgehead atoms. The second kappa shape index (κ2) is 5.24. The molecule has 0 radical (unpaired) electrons. The van der Waals surface area contributed by atoms with Crippen LogP contribution in [0.5, 0.6) is 0 Å². The average molecular weight is 288 g/mol. The third-order valence-corrected chi connectivity index (χ3v) is 3.49. The smallest absolute Gasteiger partial charge is 0.335 e. The molecule has 0 aliphatic heterocycles. The normalized spacial score (nSPS) is 23.7. The highest BCUT2D eigenvalue weighted by molar-refractivity contribution is 5.93. The van der Waals surface area contributed by atoms with Gasteiger partial charge in [0.25, 0.3) is 0 Å².